The van der Waals surface area contributed by atoms with Gasteiger partial charge in [-0.1, -0.05) is 13.0 Å². The molecule has 0 spiro atoms. The van der Waals surface area contributed by atoms with Gasteiger partial charge in [-0.25, -0.2) is 0 Å². The number of allylic oxidation sites excluding steroid dienone is 1. The quantitative estimate of drug-likeness (QED) is 0.681. The van der Waals surface area contributed by atoms with E-state index in [1.807, 2.05) is 6.08 Å². The SMILES string of the molecule is C=CCC(C)C(C)NCC1CCCS1. The van der Waals surface area contributed by atoms with E-state index in [0.29, 0.717) is 12.0 Å². The van der Waals surface area contributed by atoms with E-state index < -0.39 is 0 Å². The van der Waals surface area contributed by atoms with Crippen molar-refractivity contribution in [3.8, 4) is 0 Å². The van der Waals surface area contributed by atoms with Crippen LogP contribution in [-0.2, 0) is 0 Å². The second kappa shape index (κ2) is 6.52. The van der Waals surface area contributed by atoms with Crippen LogP contribution in [0.4, 0.5) is 0 Å². The van der Waals surface area contributed by atoms with Gasteiger partial charge in [0.2, 0.25) is 0 Å². The van der Waals surface area contributed by atoms with Crippen molar-refractivity contribution >= 4 is 11.8 Å². The molecule has 1 N–H and O–H groups in total. The van der Waals surface area contributed by atoms with Crippen molar-refractivity contribution in [2.24, 2.45) is 5.92 Å². The summed E-state index contributed by atoms with van der Waals surface area (Å²) >= 11 is 2.13. The summed E-state index contributed by atoms with van der Waals surface area (Å²) in [7, 11) is 0. The van der Waals surface area contributed by atoms with Crippen molar-refractivity contribution in [3.63, 3.8) is 0 Å². The van der Waals surface area contributed by atoms with Crippen molar-refractivity contribution in [2.75, 3.05) is 12.3 Å². The lowest BCUT2D eigenvalue weighted by Crippen LogP contribution is -2.36. The highest BCUT2D eigenvalue weighted by Gasteiger charge is 2.17. The van der Waals surface area contributed by atoms with Gasteiger partial charge in [0, 0.05) is 17.8 Å². The monoisotopic (exact) mass is 213 g/mol. The third-order valence-corrected chi connectivity index (χ3v) is 4.48. The van der Waals surface area contributed by atoms with Gasteiger partial charge in [0.05, 0.1) is 0 Å². The summed E-state index contributed by atoms with van der Waals surface area (Å²) in [5, 5.41) is 4.51. The molecule has 2 heteroatoms. The first-order valence-electron chi connectivity index (χ1n) is 5.70. The predicted octanol–water partition coefficient (Wildman–Crippen LogP) is 3.07. The van der Waals surface area contributed by atoms with E-state index in [-0.39, 0.29) is 0 Å². The van der Waals surface area contributed by atoms with Gasteiger partial charge in [0.15, 0.2) is 0 Å². The fourth-order valence-electron chi connectivity index (χ4n) is 1.79. The molecule has 82 valence electrons. The molecule has 0 radical (unpaired) electrons. The van der Waals surface area contributed by atoms with Crippen LogP contribution in [-0.4, -0.2) is 23.6 Å². The number of hydrogen-bond acceptors (Lipinski definition) is 2. The van der Waals surface area contributed by atoms with E-state index in [9.17, 15) is 0 Å². The molecule has 1 aliphatic rings. The Hall–Kier alpha value is 0.0500. The highest BCUT2D eigenvalue weighted by atomic mass is 32.2. The van der Waals surface area contributed by atoms with Crippen molar-refractivity contribution in [1.29, 1.82) is 0 Å². The molecule has 14 heavy (non-hydrogen) atoms. The van der Waals surface area contributed by atoms with Crippen LogP contribution in [0, 0.1) is 5.92 Å². The van der Waals surface area contributed by atoms with Gasteiger partial charge >= 0.3 is 0 Å². The van der Waals surface area contributed by atoms with Gasteiger partial charge in [0.1, 0.15) is 0 Å². The number of nitrogens with one attached hydrogen (secondary N) is 1. The molecule has 0 aromatic carbocycles. The molecule has 0 saturated carbocycles. The van der Waals surface area contributed by atoms with Crippen molar-refractivity contribution in [2.45, 2.75) is 44.4 Å². The Morgan fingerprint density at radius 2 is 2.36 bits per heavy atom. The van der Waals surface area contributed by atoms with Crippen LogP contribution in [0.5, 0.6) is 0 Å². The topological polar surface area (TPSA) is 12.0 Å². The fraction of sp³-hybridized carbons (Fsp3) is 0.833. The maximum atomic E-state index is 3.79. The van der Waals surface area contributed by atoms with Crippen LogP contribution >= 0.6 is 11.8 Å². The normalized spacial score (nSPS) is 26.0. The lowest BCUT2D eigenvalue weighted by Gasteiger charge is -2.21. The molecule has 0 aromatic rings. The smallest absolute Gasteiger partial charge is 0.0172 e. The first kappa shape index (κ1) is 12.1. The van der Waals surface area contributed by atoms with E-state index in [1.54, 1.807) is 0 Å². The van der Waals surface area contributed by atoms with Crippen LogP contribution in [0.25, 0.3) is 0 Å². The fourth-order valence-corrected chi connectivity index (χ4v) is 3.00. The Morgan fingerprint density at radius 1 is 1.57 bits per heavy atom. The zero-order valence-corrected chi connectivity index (χ0v) is 10.3. The Kier molecular flexibility index (Phi) is 5.64. The Labute approximate surface area is 92.7 Å². The second-order valence-electron chi connectivity index (χ2n) is 4.33. The van der Waals surface area contributed by atoms with Gasteiger partial charge < -0.3 is 5.32 Å². The highest BCUT2D eigenvalue weighted by molar-refractivity contribution is 8.00. The van der Waals surface area contributed by atoms with Crippen LogP contribution < -0.4 is 5.32 Å². The minimum atomic E-state index is 0.620. The average molecular weight is 213 g/mol. The van der Waals surface area contributed by atoms with E-state index >= 15 is 0 Å². The maximum Gasteiger partial charge on any atom is 0.0172 e. The lowest BCUT2D eigenvalue weighted by molar-refractivity contribution is 0.402. The van der Waals surface area contributed by atoms with Gasteiger partial charge in [-0.2, -0.15) is 11.8 Å². The standard InChI is InChI=1S/C12H23NS/c1-4-6-10(2)11(3)13-9-12-7-5-8-14-12/h4,10-13H,1,5-9H2,2-3H3. The van der Waals surface area contributed by atoms with Crippen LogP contribution in [0.15, 0.2) is 12.7 Å². The van der Waals surface area contributed by atoms with Gasteiger partial charge in [-0.3, -0.25) is 0 Å². The Balaban J connectivity index is 2.12. The van der Waals surface area contributed by atoms with E-state index in [4.69, 9.17) is 0 Å². The molecule has 1 heterocycles. The van der Waals surface area contributed by atoms with Gasteiger partial charge in [-0.15, -0.1) is 6.58 Å². The van der Waals surface area contributed by atoms with E-state index in [1.165, 1.54) is 25.1 Å². The van der Waals surface area contributed by atoms with Gasteiger partial charge in [-0.05, 0) is 37.9 Å². The van der Waals surface area contributed by atoms with Gasteiger partial charge in [0.25, 0.3) is 0 Å². The van der Waals surface area contributed by atoms with Crippen LogP contribution in [0.2, 0.25) is 0 Å². The summed E-state index contributed by atoms with van der Waals surface area (Å²) in [4.78, 5) is 0. The first-order valence-corrected chi connectivity index (χ1v) is 6.74. The molecule has 0 aliphatic carbocycles. The van der Waals surface area contributed by atoms with E-state index in [2.05, 4.69) is 37.5 Å². The molecule has 3 atom stereocenters. The summed E-state index contributed by atoms with van der Waals surface area (Å²) in [5.41, 5.74) is 0. The first-order chi connectivity index (χ1) is 6.74. The minimum Gasteiger partial charge on any atom is -0.313 e. The summed E-state index contributed by atoms with van der Waals surface area (Å²) in [6.07, 6.45) is 5.95. The molecule has 0 amide bonds. The number of thioether (sulfide) groups is 1. The second-order valence-corrected chi connectivity index (χ2v) is 5.74. The molecule has 0 aromatic heterocycles. The molecule has 1 rings (SSSR count). The molecule has 0 bridgehead atoms. The van der Waals surface area contributed by atoms with Crippen molar-refractivity contribution in [1.82, 2.24) is 5.32 Å². The molecule has 1 nitrogen and oxygen atoms in total. The molecule has 1 fully saturated rings. The van der Waals surface area contributed by atoms with Crippen LogP contribution in [0.1, 0.15) is 33.1 Å². The summed E-state index contributed by atoms with van der Waals surface area (Å²) in [5.74, 6) is 2.07. The molecule has 3 unspecified atom stereocenters. The number of hydrogen-bond donors (Lipinski definition) is 1. The minimum absolute atomic E-state index is 0.620. The largest absolute Gasteiger partial charge is 0.313 e. The number of rotatable bonds is 6. The zero-order chi connectivity index (χ0) is 10.4. The lowest BCUT2D eigenvalue weighted by atomic mass is 10.00. The third kappa shape index (κ3) is 4.05. The predicted molar refractivity (Wildman–Crippen MR) is 66.9 cm³/mol. The average Bonchev–Trinajstić information content (AvgIpc) is 2.67. The Morgan fingerprint density at radius 3 is 2.93 bits per heavy atom. The molecular formula is C12H23NS. The summed E-state index contributed by atoms with van der Waals surface area (Å²) < 4.78 is 0. The Bertz CT molecular complexity index is 164. The van der Waals surface area contributed by atoms with Crippen molar-refractivity contribution < 1.29 is 0 Å². The van der Waals surface area contributed by atoms with Crippen LogP contribution in [0.3, 0.4) is 0 Å². The van der Waals surface area contributed by atoms with E-state index in [0.717, 1.165) is 11.7 Å². The molecule has 1 aliphatic heterocycles. The third-order valence-electron chi connectivity index (χ3n) is 3.08. The highest BCUT2D eigenvalue weighted by Crippen LogP contribution is 2.25. The summed E-state index contributed by atoms with van der Waals surface area (Å²) in [6.45, 7) is 9.55. The maximum absolute atomic E-state index is 3.79. The molecule has 1 saturated heterocycles. The summed E-state index contributed by atoms with van der Waals surface area (Å²) in [6, 6.07) is 0.620. The zero-order valence-electron chi connectivity index (χ0n) is 9.46. The molecular weight excluding hydrogens is 190 g/mol. The van der Waals surface area contributed by atoms with Crippen molar-refractivity contribution in [3.05, 3.63) is 12.7 Å².